The first-order chi connectivity index (χ1) is 6.73. The van der Waals surface area contributed by atoms with Crippen LogP contribution in [0.4, 0.5) is 0 Å². The second-order valence-electron chi connectivity index (χ2n) is 4.23. The summed E-state index contributed by atoms with van der Waals surface area (Å²) in [5.74, 6) is -0.959. The van der Waals surface area contributed by atoms with Crippen molar-refractivity contribution in [2.75, 3.05) is 12.3 Å². The van der Waals surface area contributed by atoms with Crippen LogP contribution in [0.15, 0.2) is 0 Å². The van der Waals surface area contributed by atoms with Gasteiger partial charge in [0.1, 0.15) is 0 Å². The predicted molar refractivity (Wildman–Crippen MR) is 58.0 cm³/mol. The van der Waals surface area contributed by atoms with Gasteiger partial charge in [-0.2, -0.15) is 0 Å². The van der Waals surface area contributed by atoms with Crippen molar-refractivity contribution in [2.45, 2.75) is 27.2 Å². The van der Waals surface area contributed by atoms with E-state index in [4.69, 9.17) is 5.11 Å². The minimum Gasteiger partial charge on any atom is -0.481 e. The number of carboxylic acid groups (broad SMARTS) is 1. The third kappa shape index (κ3) is 8.38. The number of carbonyl (C=O) groups is 1. The highest BCUT2D eigenvalue weighted by atomic mass is 32.2. The van der Waals surface area contributed by atoms with Crippen molar-refractivity contribution in [2.24, 2.45) is 11.8 Å². The van der Waals surface area contributed by atoms with Crippen molar-refractivity contribution < 1.29 is 18.3 Å². The number of aliphatic carboxylic acids is 1. The van der Waals surface area contributed by atoms with E-state index in [0.29, 0.717) is 0 Å². The van der Waals surface area contributed by atoms with Gasteiger partial charge in [0.2, 0.25) is 10.0 Å². The van der Waals surface area contributed by atoms with Crippen LogP contribution in [0.3, 0.4) is 0 Å². The Hall–Kier alpha value is -0.620. The second-order valence-corrected chi connectivity index (χ2v) is 6.08. The summed E-state index contributed by atoms with van der Waals surface area (Å²) in [5, 5.41) is 8.48. The number of rotatable bonds is 7. The minimum atomic E-state index is -3.25. The molecular formula is C9H19NO4S. The van der Waals surface area contributed by atoms with Crippen molar-refractivity contribution in [3.63, 3.8) is 0 Å². The summed E-state index contributed by atoms with van der Waals surface area (Å²) in [7, 11) is -3.25. The van der Waals surface area contributed by atoms with Crippen LogP contribution in [0, 0.1) is 11.8 Å². The zero-order valence-corrected chi connectivity index (χ0v) is 10.2. The Kier molecular flexibility index (Phi) is 5.82. The average Bonchev–Trinajstić information content (AvgIpc) is 1.97. The second kappa shape index (κ2) is 6.07. The number of sulfonamides is 1. The Labute approximate surface area is 90.9 Å². The fourth-order valence-electron chi connectivity index (χ4n) is 1.14. The van der Waals surface area contributed by atoms with Gasteiger partial charge in [-0.15, -0.1) is 0 Å². The molecule has 0 aliphatic carbocycles. The lowest BCUT2D eigenvalue weighted by atomic mass is 10.1. The molecule has 6 heteroatoms. The molecule has 0 saturated carbocycles. The van der Waals surface area contributed by atoms with Crippen molar-refractivity contribution in [3.8, 4) is 0 Å². The number of nitrogens with one attached hydrogen (secondary N) is 1. The van der Waals surface area contributed by atoms with Gasteiger partial charge < -0.3 is 5.11 Å². The predicted octanol–water partition coefficient (Wildman–Crippen LogP) is 0.673. The van der Waals surface area contributed by atoms with E-state index in [-0.39, 0.29) is 30.6 Å². The summed E-state index contributed by atoms with van der Waals surface area (Å²) in [6, 6.07) is 0. The SMILES string of the molecule is CC(C)CS(=O)(=O)NCC(C)CC(=O)O. The summed E-state index contributed by atoms with van der Waals surface area (Å²) in [6.07, 6.45) is -0.0236. The Morgan fingerprint density at radius 1 is 1.33 bits per heavy atom. The summed E-state index contributed by atoms with van der Waals surface area (Å²) < 4.78 is 25.1. The van der Waals surface area contributed by atoms with Gasteiger partial charge in [-0.1, -0.05) is 20.8 Å². The van der Waals surface area contributed by atoms with Gasteiger partial charge >= 0.3 is 5.97 Å². The monoisotopic (exact) mass is 237 g/mol. The van der Waals surface area contributed by atoms with Crippen molar-refractivity contribution >= 4 is 16.0 Å². The molecule has 0 rings (SSSR count). The van der Waals surface area contributed by atoms with Crippen molar-refractivity contribution in [1.82, 2.24) is 4.72 Å². The molecular weight excluding hydrogens is 218 g/mol. The van der Waals surface area contributed by atoms with E-state index in [9.17, 15) is 13.2 Å². The Morgan fingerprint density at radius 3 is 2.27 bits per heavy atom. The molecule has 0 radical (unpaired) electrons. The molecule has 0 bridgehead atoms. The molecule has 0 aromatic heterocycles. The van der Waals surface area contributed by atoms with Gasteiger partial charge in [0.15, 0.2) is 0 Å². The Morgan fingerprint density at radius 2 is 1.87 bits per heavy atom. The summed E-state index contributed by atoms with van der Waals surface area (Å²) in [5.41, 5.74) is 0. The van der Waals surface area contributed by atoms with Crippen LogP contribution in [-0.2, 0) is 14.8 Å². The van der Waals surface area contributed by atoms with E-state index in [1.807, 2.05) is 13.8 Å². The zero-order chi connectivity index (χ0) is 12.1. The molecule has 0 heterocycles. The highest BCUT2D eigenvalue weighted by Crippen LogP contribution is 2.02. The van der Waals surface area contributed by atoms with E-state index in [1.165, 1.54) is 0 Å². The lowest BCUT2D eigenvalue weighted by Crippen LogP contribution is -2.32. The molecule has 2 N–H and O–H groups in total. The Balaban J connectivity index is 3.98. The Bertz CT molecular complexity index is 297. The zero-order valence-electron chi connectivity index (χ0n) is 9.36. The lowest BCUT2D eigenvalue weighted by molar-refractivity contribution is -0.137. The quantitative estimate of drug-likeness (QED) is 0.681. The summed E-state index contributed by atoms with van der Waals surface area (Å²) >= 11 is 0. The van der Waals surface area contributed by atoms with Gasteiger partial charge in [0.25, 0.3) is 0 Å². The molecule has 0 spiro atoms. The van der Waals surface area contributed by atoms with Gasteiger partial charge in [0.05, 0.1) is 5.75 Å². The first-order valence-electron chi connectivity index (χ1n) is 4.92. The third-order valence-electron chi connectivity index (χ3n) is 1.73. The lowest BCUT2D eigenvalue weighted by Gasteiger charge is -2.12. The molecule has 0 aliphatic heterocycles. The van der Waals surface area contributed by atoms with Crippen LogP contribution in [0.1, 0.15) is 27.2 Å². The number of hydrogen-bond donors (Lipinski definition) is 2. The minimum absolute atomic E-state index is 0.0236. The maximum Gasteiger partial charge on any atom is 0.303 e. The molecule has 15 heavy (non-hydrogen) atoms. The first kappa shape index (κ1) is 14.4. The molecule has 0 fully saturated rings. The molecule has 1 unspecified atom stereocenters. The van der Waals surface area contributed by atoms with Gasteiger partial charge in [-0.25, -0.2) is 13.1 Å². The number of carboxylic acids is 1. The normalized spacial score (nSPS) is 14.1. The average molecular weight is 237 g/mol. The number of hydrogen-bond acceptors (Lipinski definition) is 3. The molecule has 1 atom stereocenters. The van der Waals surface area contributed by atoms with Crippen molar-refractivity contribution in [1.29, 1.82) is 0 Å². The highest BCUT2D eigenvalue weighted by Gasteiger charge is 2.15. The first-order valence-corrected chi connectivity index (χ1v) is 6.57. The van der Waals surface area contributed by atoms with Crippen LogP contribution in [0.5, 0.6) is 0 Å². The van der Waals surface area contributed by atoms with E-state index < -0.39 is 16.0 Å². The molecule has 0 amide bonds. The summed E-state index contributed by atoms with van der Waals surface area (Å²) in [4.78, 5) is 10.3. The van der Waals surface area contributed by atoms with Gasteiger partial charge in [-0.3, -0.25) is 4.79 Å². The fourth-order valence-corrected chi connectivity index (χ4v) is 2.67. The molecule has 0 aromatic carbocycles. The molecule has 0 aliphatic rings. The maximum absolute atomic E-state index is 11.4. The topological polar surface area (TPSA) is 83.5 Å². The molecule has 0 aromatic rings. The van der Waals surface area contributed by atoms with Gasteiger partial charge in [0, 0.05) is 13.0 Å². The van der Waals surface area contributed by atoms with E-state index in [0.717, 1.165) is 0 Å². The third-order valence-corrected chi connectivity index (χ3v) is 3.44. The van der Waals surface area contributed by atoms with Crippen LogP contribution < -0.4 is 4.72 Å². The maximum atomic E-state index is 11.4. The summed E-state index contributed by atoms with van der Waals surface area (Å²) in [6.45, 7) is 5.52. The smallest absolute Gasteiger partial charge is 0.303 e. The van der Waals surface area contributed by atoms with Crippen LogP contribution >= 0.6 is 0 Å². The van der Waals surface area contributed by atoms with Crippen LogP contribution in [0.2, 0.25) is 0 Å². The molecule has 90 valence electrons. The fraction of sp³-hybridized carbons (Fsp3) is 0.889. The van der Waals surface area contributed by atoms with E-state index >= 15 is 0 Å². The molecule has 0 saturated heterocycles. The van der Waals surface area contributed by atoms with E-state index in [2.05, 4.69) is 4.72 Å². The van der Waals surface area contributed by atoms with E-state index in [1.54, 1.807) is 6.92 Å². The largest absolute Gasteiger partial charge is 0.481 e. The highest BCUT2D eigenvalue weighted by molar-refractivity contribution is 7.89. The standard InChI is InChI=1S/C9H19NO4S/c1-7(2)6-15(13,14)10-5-8(3)4-9(11)12/h7-8,10H,4-6H2,1-3H3,(H,11,12). The van der Waals surface area contributed by atoms with Crippen LogP contribution in [-0.4, -0.2) is 31.8 Å². The molecule has 5 nitrogen and oxygen atoms in total. The van der Waals surface area contributed by atoms with Crippen molar-refractivity contribution in [3.05, 3.63) is 0 Å². The van der Waals surface area contributed by atoms with Gasteiger partial charge in [-0.05, 0) is 11.8 Å². The van der Waals surface area contributed by atoms with Crippen LogP contribution in [0.25, 0.3) is 0 Å².